The predicted molar refractivity (Wildman–Crippen MR) is 103 cm³/mol. The summed E-state index contributed by atoms with van der Waals surface area (Å²) < 4.78 is 38.8. The molecular formula is C18H21BrF3N5. The maximum atomic E-state index is 12.8. The van der Waals surface area contributed by atoms with Gasteiger partial charge in [-0.2, -0.15) is 18.2 Å². The Labute approximate surface area is 164 Å². The minimum absolute atomic E-state index is 0.325. The number of anilines is 3. The number of nitrogens with one attached hydrogen (secondary N) is 2. The summed E-state index contributed by atoms with van der Waals surface area (Å²) in [4.78, 5) is 11.1. The molecule has 1 heterocycles. The van der Waals surface area contributed by atoms with Crippen molar-refractivity contribution >= 4 is 33.4 Å². The fourth-order valence-corrected chi connectivity index (χ4v) is 3.00. The molecule has 0 unspecified atom stereocenters. The maximum Gasteiger partial charge on any atom is 0.416 e. The van der Waals surface area contributed by atoms with Crippen LogP contribution in [0.2, 0.25) is 0 Å². The third-order valence-corrected chi connectivity index (χ3v) is 4.80. The highest BCUT2D eigenvalue weighted by atomic mass is 79.9. The van der Waals surface area contributed by atoms with Crippen LogP contribution in [0.5, 0.6) is 0 Å². The van der Waals surface area contributed by atoms with Gasteiger partial charge >= 0.3 is 6.18 Å². The Bertz CT molecular complexity index is 806. The lowest BCUT2D eigenvalue weighted by Gasteiger charge is -2.14. The summed E-state index contributed by atoms with van der Waals surface area (Å²) in [5.74, 6) is 1.51. The van der Waals surface area contributed by atoms with Crippen LogP contribution in [-0.4, -0.2) is 42.1 Å². The molecular weight excluding hydrogens is 423 g/mol. The Morgan fingerprint density at radius 1 is 1.19 bits per heavy atom. The number of alkyl halides is 3. The molecule has 1 aromatic heterocycles. The molecule has 0 bridgehead atoms. The Balaban J connectivity index is 1.80. The minimum Gasteiger partial charge on any atom is -0.353 e. The van der Waals surface area contributed by atoms with Gasteiger partial charge < -0.3 is 15.5 Å². The highest BCUT2D eigenvalue weighted by Gasteiger charge is 2.31. The Morgan fingerprint density at radius 3 is 2.52 bits per heavy atom. The molecule has 1 fully saturated rings. The Morgan fingerprint density at radius 2 is 1.93 bits per heavy atom. The van der Waals surface area contributed by atoms with Gasteiger partial charge in [-0.3, -0.25) is 0 Å². The molecule has 0 aliphatic heterocycles. The maximum absolute atomic E-state index is 12.8. The van der Waals surface area contributed by atoms with Crippen LogP contribution in [0, 0.1) is 0 Å². The second-order valence-corrected chi connectivity index (χ2v) is 7.68. The zero-order valence-corrected chi connectivity index (χ0v) is 16.7. The first-order valence-corrected chi connectivity index (χ1v) is 9.43. The molecule has 9 heteroatoms. The lowest BCUT2D eigenvalue weighted by molar-refractivity contribution is -0.137. The smallest absolute Gasteiger partial charge is 0.353 e. The zero-order valence-electron chi connectivity index (χ0n) is 15.1. The molecule has 3 rings (SSSR count). The van der Waals surface area contributed by atoms with E-state index < -0.39 is 11.7 Å². The van der Waals surface area contributed by atoms with Crippen LogP contribution in [-0.2, 0) is 6.18 Å². The summed E-state index contributed by atoms with van der Waals surface area (Å²) >= 11 is 3.21. The number of benzene rings is 1. The molecule has 0 spiro atoms. The summed E-state index contributed by atoms with van der Waals surface area (Å²) in [6, 6.07) is 5.36. The van der Waals surface area contributed by atoms with Crippen LogP contribution in [0.15, 0.2) is 28.7 Å². The third-order valence-electron chi connectivity index (χ3n) is 4.14. The molecule has 1 aliphatic carbocycles. The number of halogens is 4. The molecule has 1 aliphatic rings. The summed E-state index contributed by atoms with van der Waals surface area (Å²) in [6.07, 6.45) is -2.19. The quantitative estimate of drug-likeness (QED) is 0.640. The van der Waals surface area contributed by atoms with Crippen LogP contribution in [0.1, 0.15) is 30.0 Å². The summed E-state index contributed by atoms with van der Waals surface area (Å²) in [7, 11) is 3.97. The lowest BCUT2D eigenvalue weighted by atomic mass is 10.2. The van der Waals surface area contributed by atoms with Crippen molar-refractivity contribution in [1.29, 1.82) is 0 Å². The topological polar surface area (TPSA) is 53.1 Å². The van der Waals surface area contributed by atoms with Gasteiger partial charge in [-0.25, -0.2) is 4.98 Å². The Kier molecular flexibility index (Phi) is 5.90. The summed E-state index contributed by atoms with van der Waals surface area (Å²) in [5.41, 5.74) is 0.762. The average molecular weight is 444 g/mol. The van der Waals surface area contributed by atoms with Gasteiger partial charge in [0, 0.05) is 29.5 Å². The van der Waals surface area contributed by atoms with Crippen LogP contribution in [0.4, 0.5) is 30.6 Å². The molecule has 0 radical (unpaired) electrons. The second kappa shape index (κ2) is 8.02. The highest BCUT2D eigenvalue weighted by Crippen LogP contribution is 2.40. The zero-order chi connectivity index (χ0) is 19.6. The second-order valence-electron chi connectivity index (χ2n) is 6.82. The first-order valence-electron chi connectivity index (χ1n) is 8.64. The molecule has 2 N–H and O–H groups in total. The highest BCUT2D eigenvalue weighted by molar-refractivity contribution is 9.10. The van der Waals surface area contributed by atoms with Crippen molar-refractivity contribution in [2.24, 2.45) is 0 Å². The van der Waals surface area contributed by atoms with Gasteiger partial charge in [0.15, 0.2) is 0 Å². The number of rotatable bonds is 7. The number of hydrogen-bond acceptors (Lipinski definition) is 5. The number of nitrogens with zero attached hydrogens (tertiary/aromatic N) is 3. The van der Waals surface area contributed by atoms with E-state index in [0.717, 1.165) is 37.2 Å². The van der Waals surface area contributed by atoms with Crippen molar-refractivity contribution in [3.05, 3.63) is 40.0 Å². The van der Waals surface area contributed by atoms with E-state index in [0.29, 0.717) is 34.4 Å². The molecule has 146 valence electrons. The predicted octanol–water partition coefficient (Wildman–Crippen LogP) is 4.85. The Hall–Kier alpha value is -1.87. The average Bonchev–Trinajstić information content (AvgIpc) is 3.40. The van der Waals surface area contributed by atoms with E-state index in [-0.39, 0.29) is 0 Å². The number of likely N-dealkylation sites (N-methyl/N-ethyl adjacent to an activating group) is 1. The first-order chi connectivity index (χ1) is 12.7. The van der Waals surface area contributed by atoms with Crippen LogP contribution >= 0.6 is 15.9 Å². The van der Waals surface area contributed by atoms with E-state index in [9.17, 15) is 13.2 Å². The minimum atomic E-state index is -4.38. The molecule has 5 nitrogen and oxygen atoms in total. The van der Waals surface area contributed by atoms with Gasteiger partial charge in [0.05, 0.1) is 16.9 Å². The molecule has 0 atom stereocenters. The molecule has 1 aromatic carbocycles. The molecule has 1 saturated carbocycles. The normalized spacial score (nSPS) is 14.5. The largest absolute Gasteiger partial charge is 0.416 e. The molecule has 2 aromatic rings. The van der Waals surface area contributed by atoms with Crippen LogP contribution in [0.3, 0.4) is 0 Å². The number of aromatic nitrogens is 2. The van der Waals surface area contributed by atoms with Gasteiger partial charge in [0.1, 0.15) is 5.82 Å². The van der Waals surface area contributed by atoms with E-state index in [4.69, 9.17) is 0 Å². The monoisotopic (exact) mass is 443 g/mol. The van der Waals surface area contributed by atoms with Gasteiger partial charge in [-0.05, 0) is 61.1 Å². The van der Waals surface area contributed by atoms with Gasteiger partial charge in [-0.1, -0.05) is 0 Å². The fourth-order valence-electron chi connectivity index (χ4n) is 2.52. The van der Waals surface area contributed by atoms with E-state index in [1.165, 1.54) is 6.07 Å². The first kappa shape index (κ1) is 19.9. The molecule has 0 saturated heterocycles. The summed E-state index contributed by atoms with van der Waals surface area (Å²) in [6.45, 7) is 1.54. The summed E-state index contributed by atoms with van der Waals surface area (Å²) in [5, 5.41) is 6.30. The van der Waals surface area contributed by atoms with Crippen molar-refractivity contribution in [2.45, 2.75) is 24.9 Å². The lowest BCUT2D eigenvalue weighted by Crippen LogP contribution is -2.21. The van der Waals surface area contributed by atoms with Crippen molar-refractivity contribution in [3.8, 4) is 0 Å². The standard InChI is InChI=1S/C18H21BrF3N5/c1-27(2)8-7-23-17-25-15(11-3-4-11)10-16(26-17)24-14-6-5-12(9-13(14)19)18(20,21)22/h5-6,9-11H,3-4,7-8H2,1-2H3,(H2,23,24,25,26). The molecule has 27 heavy (non-hydrogen) atoms. The van der Waals surface area contributed by atoms with Crippen molar-refractivity contribution in [1.82, 2.24) is 14.9 Å². The van der Waals surface area contributed by atoms with Crippen molar-refractivity contribution in [2.75, 3.05) is 37.8 Å². The van der Waals surface area contributed by atoms with Crippen molar-refractivity contribution in [3.63, 3.8) is 0 Å². The molecule has 0 amide bonds. The van der Waals surface area contributed by atoms with E-state index in [1.807, 2.05) is 20.2 Å². The van der Waals surface area contributed by atoms with Gasteiger partial charge in [0.2, 0.25) is 5.95 Å². The third kappa shape index (κ3) is 5.55. The number of hydrogen-bond donors (Lipinski definition) is 2. The van der Waals surface area contributed by atoms with E-state index in [1.54, 1.807) is 0 Å². The van der Waals surface area contributed by atoms with Crippen LogP contribution < -0.4 is 10.6 Å². The van der Waals surface area contributed by atoms with E-state index in [2.05, 4.69) is 41.4 Å². The van der Waals surface area contributed by atoms with Gasteiger partial charge in [-0.15, -0.1) is 0 Å². The van der Waals surface area contributed by atoms with E-state index >= 15 is 0 Å². The SMILES string of the molecule is CN(C)CCNc1nc(Nc2ccc(C(F)(F)F)cc2Br)cc(C2CC2)n1. The van der Waals surface area contributed by atoms with Gasteiger partial charge in [0.25, 0.3) is 0 Å². The van der Waals surface area contributed by atoms with Crippen LogP contribution in [0.25, 0.3) is 0 Å². The fraction of sp³-hybridized carbons (Fsp3) is 0.444. The van der Waals surface area contributed by atoms with Crippen molar-refractivity contribution < 1.29 is 13.2 Å².